The molecule has 1 N–H and O–H groups in total. The second kappa shape index (κ2) is 8.50. The van der Waals surface area contributed by atoms with E-state index in [1.54, 1.807) is 29.2 Å². The Balaban J connectivity index is 1.64. The van der Waals surface area contributed by atoms with Gasteiger partial charge in [-0.25, -0.2) is 17.2 Å². The van der Waals surface area contributed by atoms with E-state index >= 15 is 0 Å². The highest BCUT2D eigenvalue weighted by atomic mass is 32.2. The molecule has 5 nitrogen and oxygen atoms in total. The fraction of sp³-hybridized carbons (Fsp3) is 0.250. The van der Waals surface area contributed by atoms with E-state index in [1.807, 2.05) is 0 Å². The Kier molecular flexibility index (Phi) is 6.07. The number of amides is 1. The van der Waals surface area contributed by atoms with E-state index in [-0.39, 0.29) is 12.5 Å². The molecule has 1 fully saturated rings. The molecule has 146 valence electrons. The molecule has 0 saturated carbocycles. The van der Waals surface area contributed by atoms with Crippen molar-refractivity contribution < 1.29 is 22.0 Å². The maximum Gasteiger partial charge on any atom is 0.247 e. The number of hydrogen-bond acceptors (Lipinski definition) is 3. The predicted octanol–water partition coefficient (Wildman–Crippen LogP) is 2.81. The summed E-state index contributed by atoms with van der Waals surface area (Å²) < 4.78 is 53.4. The van der Waals surface area contributed by atoms with Crippen molar-refractivity contribution in [2.75, 3.05) is 18.0 Å². The van der Waals surface area contributed by atoms with Crippen LogP contribution in [0.3, 0.4) is 0 Å². The first-order chi connectivity index (χ1) is 13.4. The van der Waals surface area contributed by atoms with Gasteiger partial charge in [-0.05, 0) is 49.2 Å². The molecule has 8 heteroatoms. The summed E-state index contributed by atoms with van der Waals surface area (Å²) in [5, 5.41) is 0. The summed E-state index contributed by atoms with van der Waals surface area (Å²) in [5.74, 6) is 3.15. The van der Waals surface area contributed by atoms with E-state index in [4.69, 9.17) is 0 Å². The largest absolute Gasteiger partial charge is 0.312 e. The number of carbonyl (C=O) groups is 1. The summed E-state index contributed by atoms with van der Waals surface area (Å²) in [6, 6.07) is 9.86. The molecule has 1 amide bonds. The molecule has 0 radical (unpaired) electrons. The van der Waals surface area contributed by atoms with Crippen LogP contribution in [-0.4, -0.2) is 27.4 Å². The van der Waals surface area contributed by atoms with Gasteiger partial charge < -0.3 is 4.90 Å². The monoisotopic (exact) mass is 404 g/mol. The van der Waals surface area contributed by atoms with E-state index in [1.165, 1.54) is 0 Å². The van der Waals surface area contributed by atoms with E-state index in [2.05, 4.69) is 16.6 Å². The van der Waals surface area contributed by atoms with Crippen molar-refractivity contribution in [3.8, 4) is 11.8 Å². The lowest BCUT2D eigenvalue weighted by molar-refractivity contribution is -0.119. The lowest BCUT2D eigenvalue weighted by Gasteiger charge is -2.26. The minimum absolute atomic E-state index is 0.0971. The molecule has 1 saturated heterocycles. The van der Waals surface area contributed by atoms with E-state index in [0.717, 1.165) is 36.7 Å². The minimum atomic E-state index is -4.35. The van der Waals surface area contributed by atoms with Gasteiger partial charge in [-0.1, -0.05) is 17.9 Å². The van der Waals surface area contributed by atoms with Gasteiger partial charge in [-0.2, -0.15) is 4.72 Å². The third-order valence-corrected chi connectivity index (χ3v) is 5.73. The Bertz CT molecular complexity index is 1020. The molecule has 2 aromatic rings. The number of piperidine rings is 1. The van der Waals surface area contributed by atoms with Gasteiger partial charge >= 0.3 is 0 Å². The van der Waals surface area contributed by atoms with Crippen LogP contribution in [0.15, 0.2) is 47.4 Å². The zero-order chi connectivity index (χ0) is 20.1. The smallest absolute Gasteiger partial charge is 0.247 e. The minimum Gasteiger partial charge on any atom is -0.312 e. The second-order valence-electron chi connectivity index (χ2n) is 6.23. The molecule has 1 heterocycles. The highest BCUT2D eigenvalue weighted by molar-refractivity contribution is 7.89. The van der Waals surface area contributed by atoms with Gasteiger partial charge in [-0.15, -0.1) is 0 Å². The number of carbonyl (C=O) groups excluding carboxylic acids is 1. The van der Waals surface area contributed by atoms with Crippen LogP contribution in [0, 0.1) is 23.5 Å². The van der Waals surface area contributed by atoms with Crippen molar-refractivity contribution in [2.45, 2.75) is 24.2 Å². The van der Waals surface area contributed by atoms with Gasteiger partial charge in [0.15, 0.2) is 4.90 Å². The van der Waals surface area contributed by atoms with Crippen molar-refractivity contribution in [2.24, 2.45) is 0 Å². The number of rotatable bonds is 4. The third kappa shape index (κ3) is 4.55. The molecule has 0 unspecified atom stereocenters. The number of nitrogens with one attached hydrogen (secondary N) is 1. The molecule has 3 rings (SSSR count). The maximum atomic E-state index is 13.6. The van der Waals surface area contributed by atoms with Crippen molar-refractivity contribution in [1.29, 1.82) is 0 Å². The van der Waals surface area contributed by atoms with E-state index < -0.39 is 26.6 Å². The maximum absolute atomic E-state index is 13.6. The van der Waals surface area contributed by atoms with Crippen LogP contribution in [0.25, 0.3) is 0 Å². The van der Waals surface area contributed by atoms with E-state index in [0.29, 0.717) is 18.5 Å². The lowest BCUT2D eigenvalue weighted by Crippen LogP contribution is -2.35. The third-order valence-electron chi connectivity index (χ3n) is 4.27. The number of anilines is 1. The van der Waals surface area contributed by atoms with Gasteiger partial charge in [0.1, 0.15) is 11.6 Å². The number of nitrogens with zero attached hydrogens (tertiary/aromatic N) is 1. The van der Waals surface area contributed by atoms with Gasteiger partial charge in [0.05, 0.1) is 6.54 Å². The van der Waals surface area contributed by atoms with Crippen LogP contribution in [0.1, 0.15) is 24.8 Å². The molecule has 1 aliphatic rings. The van der Waals surface area contributed by atoms with Crippen LogP contribution >= 0.6 is 0 Å². The SMILES string of the molecule is O=C1CCCCN1c1ccc(C#CCNS(=O)(=O)c2c(F)cccc2F)cc1. The first-order valence-corrected chi connectivity index (χ1v) is 10.2. The normalized spacial score (nSPS) is 14.5. The summed E-state index contributed by atoms with van der Waals surface area (Å²) in [4.78, 5) is 12.6. The number of benzene rings is 2. The highest BCUT2D eigenvalue weighted by Crippen LogP contribution is 2.21. The van der Waals surface area contributed by atoms with Gasteiger partial charge in [0, 0.05) is 24.2 Å². The van der Waals surface area contributed by atoms with Gasteiger partial charge in [-0.3, -0.25) is 4.79 Å². The van der Waals surface area contributed by atoms with E-state index in [9.17, 15) is 22.0 Å². The Labute approximate surface area is 162 Å². The van der Waals surface area contributed by atoms with Crippen molar-refractivity contribution in [3.63, 3.8) is 0 Å². The van der Waals surface area contributed by atoms with Crippen LogP contribution in [0.2, 0.25) is 0 Å². The molecule has 1 aliphatic heterocycles. The molecule has 2 aromatic carbocycles. The molecular formula is C20H18F2N2O3S. The van der Waals surface area contributed by atoms with Crippen molar-refractivity contribution in [3.05, 3.63) is 59.7 Å². The Morgan fingerprint density at radius 3 is 2.36 bits per heavy atom. The van der Waals surface area contributed by atoms with Crippen LogP contribution in [0.4, 0.5) is 14.5 Å². The van der Waals surface area contributed by atoms with Crippen molar-refractivity contribution >= 4 is 21.6 Å². The summed E-state index contributed by atoms with van der Waals surface area (Å²) in [7, 11) is -4.35. The Morgan fingerprint density at radius 1 is 1.04 bits per heavy atom. The zero-order valence-electron chi connectivity index (χ0n) is 14.9. The number of sulfonamides is 1. The van der Waals surface area contributed by atoms with Crippen LogP contribution < -0.4 is 9.62 Å². The van der Waals surface area contributed by atoms with Gasteiger partial charge in [0.25, 0.3) is 0 Å². The molecule has 0 aliphatic carbocycles. The van der Waals surface area contributed by atoms with Crippen LogP contribution in [0.5, 0.6) is 0 Å². The standard InChI is InChI=1S/C20H18F2N2O3S/c21-17-6-3-7-18(22)20(17)28(26,27)23-13-4-5-15-9-11-16(12-10-15)24-14-2-1-8-19(24)25/h3,6-7,9-12,23H,1-2,8,13-14H2. The van der Waals surface area contributed by atoms with Gasteiger partial charge in [0.2, 0.25) is 15.9 Å². The molecular weight excluding hydrogens is 386 g/mol. The number of halogens is 2. The first-order valence-electron chi connectivity index (χ1n) is 8.71. The fourth-order valence-corrected chi connectivity index (χ4v) is 3.95. The summed E-state index contributed by atoms with van der Waals surface area (Å²) in [6.07, 6.45) is 2.42. The second-order valence-corrected chi connectivity index (χ2v) is 7.93. The highest BCUT2D eigenvalue weighted by Gasteiger charge is 2.23. The quantitative estimate of drug-likeness (QED) is 0.797. The average molecular weight is 404 g/mol. The topological polar surface area (TPSA) is 66.5 Å². The zero-order valence-corrected chi connectivity index (χ0v) is 15.7. The number of hydrogen-bond donors (Lipinski definition) is 1. The molecule has 0 spiro atoms. The van der Waals surface area contributed by atoms with Crippen molar-refractivity contribution in [1.82, 2.24) is 4.72 Å². The van der Waals surface area contributed by atoms with Crippen LogP contribution in [-0.2, 0) is 14.8 Å². The predicted molar refractivity (Wildman–Crippen MR) is 101 cm³/mol. The molecule has 0 aromatic heterocycles. The molecule has 0 bridgehead atoms. The Hall–Kier alpha value is -2.76. The lowest BCUT2D eigenvalue weighted by atomic mass is 10.1. The summed E-state index contributed by atoms with van der Waals surface area (Å²) in [5.41, 5.74) is 1.43. The summed E-state index contributed by atoms with van der Waals surface area (Å²) >= 11 is 0. The summed E-state index contributed by atoms with van der Waals surface area (Å²) in [6.45, 7) is 0.390. The molecule has 28 heavy (non-hydrogen) atoms. The first kappa shape index (κ1) is 20.0. The average Bonchev–Trinajstić information content (AvgIpc) is 2.66. The Morgan fingerprint density at radius 2 is 1.71 bits per heavy atom. The fourth-order valence-electron chi connectivity index (χ4n) is 2.89. The molecule has 0 atom stereocenters.